The van der Waals surface area contributed by atoms with E-state index in [-0.39, 0.29) is 18.9 Å². The second-order valence-corrected chi connectivity index (χ2v) is 8.62. The molecule has 7 heteroatoms. The molecule has 2 rings (SSSR count). The lowest BCUT2D eigenvalue weighted by atomic mass is 10.1. The summed E-state index contributed by atoms with van der Waals surface area (Å²) in [6.45, 7) is 6.67. The van der Waals surface area contributed by atoms with Crippen LogP contribution in [0.15, 0.2) is 42.5 Å². The van der Waals surface area contributed by atoms with Crippen molar-refractivity contribution in [3.8, 4) is 5.75 Å². The molecule has 0 aromatic heterocycles. The molecule has 1 N–H and O–H groups in total. The molecule has 2 aromatic rings. The van der Waals surface area contributed by atoms with Gasteiger partial charge in [0.15, 0.2) is 0 Å². The molecule has 0 atom stereocenters. The van der Waals surface area contributed by atoms with Crippen molar-refractivity contribution in [2.75, 3.05) is 29.0 Å². The van der Waals surface area contributed by atoms with Crippen molar-refractivity contribution in [1.82, 2.24) is 0 Å². The molecule has 0 saturated heterocycles. The zero-order valence-electron chi connectivity index (χ0n) is 16.9. The average Bonchev–Trinajstić information content (AvgIpc) is 2.62. The Hall–Kier alpha value is -2.54. The van der Waals surface area contributed by atoms with Gasteiger partial charge in [0, 0.05) is 18.7 Å². The number of anilines is 2. The number of sulfonamides is 1. The number of amides is 1. The van der Waals surface area contributed by atoms with Crippen LogP contribution < -0.4 is 14.4 Å². The molecule has 0 bridgehead atoms. The van der Waals surface area contributed by atoms with Crippen LogP contribution in [0.4, 0.5) is 11.4 Å². The fraction of sp³-hybridized carbons (Fsp3) is 0.381. The van der Waals surface area contributed by atoms with Crippen molar-refractivity contribution >= 4 is 27.3 Å². The van der Waals surface area contributed by atoms with Gasteiger partial charge in [-0.15, -0.1) is 0 Å². The summed E-state index contributed by atoms with van der Waals surface area (Å²) in [4.78, 5) is 12.2. The van der Waals surface area contributed by atoms with Gasteiger partial charge in [-0.3, -0.25) is 9.10 Å². The van der Waals surface area contributed by atoms with Gasteiger partial charge in [-0.25, -0.2) is 8.42 Å². The third-order valence-corrected chi connectivity index (χ3v) is 5.59. The lowest BCUT2D eigenvalue weighted by Gasteiger charge is -2.22. The molecular weight excluding hydrogens is 376 g/mol. The molecule has 0 unspecified atom stereocenters. The maximum atomic E-state index is 12.2. The molecule has 0 aliphatic rings. The highest BCUT2D eigenvalue weighted by Crippen LogP contribution is 2.22. The van der Waals surface area contributed by atoms with E-state index in [9.17, 15) is 13.2 Å². The van der Waals surface area contributed by atoms with E-state index in [0.29, 0.717) is 24.5 Å². The molecule has 0 heterocycles. The van der Waals surface area contributed by atoms with Gasteiger partial charge >= 0.3 is 0 Å². The monoisotopic (exact) mass is 404 g/mol. The fourth-order valence-electron chi connectivity index (χ4n) is 2.79. The first-order chi connectivity index (χ1) is 13.2. The van der Waals surface area contributed by atoms with Crippen LogP contribution in [0, 0.1) is 13.8 Å². The summed E-state index contributed by atoms with van der Waals surface area (Å²) >= 11 is 0. The molecular formula is C21H28N2O4S. The Kier molecular flexibility index (Phi) is 7.45. The fourth-order valence-corrected chi connectivity index (χ4v) is 3.75. The van der Waals surface area contributed by atoms with Gasteiger partial charge in [-0.1, -0.05) is 6.07 Å². The highest BCUT2D eigenvalue weighted by atomic mass is 32.2. The van der Waals surface area contributed by atoms with Crippen molar-refractivity contribution in [2.45, 2.75) is 33.6 Å². The minimum absolute atomic E-state index is 0.136. The largest absolute Gasteiger partial charge is 0.494 e. The predicted molar refractivity (Wildman–Crippen MR) is 114 cm³/mol. The first kappa shape index (κ1) is 21.8. The maximum Gasteiger partial charge on any atom is 0.232 e. The van der Waals surface area contributed by atoms with Gasteiger partial charge in [0.1, 0.15) is 5.75 Å². The third-order valence-electron chi connectivity index (χ3n) is 4.39. The zero-order chi connectivity index (χ0) is 20.7. The van der Waals surface area contributed by atoms with Crippen molar-refractivity contribution in [3.63, 3.8) is 0 Å². The van der Waals surface area contributed by atoms with Gasteiger partial charge in [0.25, 0.3) is 0 Å². The molecule has 6 nitrogen and oxygen atoms in total. The Balaban J connectivity index is 1.96. The van der Waals surface area contributed by atoms with Crippen LogP contribution in [0.5, 0.6) is 5.75 Å². The predicted octanol–water partition coefficient (Wildman–Crippen LogP) is 3.89. The smallest absolute Gasteiger partial charge is 0.232 e. The van der Waals surface area contributed by atoms with Gasteiger partial charge < -0.3 is 10.1 Å². The second kappa shape index (κ2) is 9.59. The van der Waals surface area contributed by atoms with Crippen molar-refractivity contribution < 1.29 is 17.9 Å². The molecule has 152 valence electrons. The summed E-state index contributed by atoms with van der Waals surface area (Å²) in [7, 11) is -3.45. The summed E-state index contributed by atoms with van der Waals surface area (Å²) < 4.78 is 31.0. The Morgan fingerprint density at radius 2 is 1.75 bits per heavy atom. The van der Waals surface area contributed by atoms with Crippen LogP contribution in [0.1, 0.15) is 30.9 Å². The van der Waals surface area contributed by atoms with E-state index in [4.69, 9.17) is 4.74 Å². The minimum atomic E-state index is -3.45. The summed E-state index contributed by atoms with van der Waals surface area (Å²) in [5.41, 5.74) is 3.58. The number of carbonyl (C=O) groups excluding carboxylic acids is 1. The van der Waals surface area contributed by atoms with E-state index in [2.05, 4.69) is 5.32 Å². The SMILES string of the molecule is CCOc1ccc(N(CCCC(=O)Nc2ccc(C)c(C)c2)S(C)(=O)=O)cc1. The van der Waals surface area contributed by atoms with E-state index in [1.807, 2.05) is 39.0 Å². The highest BCUT2D eigenvalue weighted by molar-refractivity contribution is 7.92. The number of hydrogen-bond acceptors (Lipinski definition) is 4. The Bertz CT molecular complexity index is 909. The number of ether oxygens (including phenoxy) is 1. The molecule has 0 aliphatic carbocycles. The minimum Gasteiger partial charge on any atom is -0.494 e. The topological polar surface area (TPSA) is 75.7 Å². The van der Waals surface area contributed by atoms with Crippen molar-refractivity contribution in [3.05, 3.63) is 53.6 Å². The van der Waals surface area contributed by atoms with Gasteiger partial charge in [-0.05, 0) is 74.7 Å². The van der Waals surface area contributed by atoms with Crippen LogP contribution in [-0.4, -0.2) is 33.7 Å². The van der Waals surface area contributed by atoms with Crippen LogP contribution in [-0.2, 0) is 14.8 Å². The quantitative estimate of drug-likeness (QED) is 0.688. The molecule has 28 heavy (non-hydrogen) atoms. The van der Waals surface area contributed by atoms with Crippen LogP contribution >= 0.6 is 0 Å². The first-order valence-electron chi connectivity index (χ1n) is 9.28. The lowest BCUT2D eigenvalue weighted by Crippen LogP contribution is -2.31. The number of carbonyl (C=O) groups is 1. The second-order valence-electron chi connectivity index (χ2n) is 6.71. The lowest BCUT2D eigenvalue weighted by molar-refractivity contribution is -0.116. The molecule has 1 amide bonds. The molecule has 0 aliphatic heterocycles. The number of benzene rings is 2. The van der Waals surface area contributed by atoms with E-state index < -0.39 is 10.0 Å². The Morgan fingerprint density at radius 3 is 2.32 bits per heavy atom. The molecule has 0 saturated carbocycles. The summed E-state index contributed by atoms with van der Waals surface area (Å²) in [5, 5.41) is 2.86. The number of aryl methyl sites for hydroxylation is 2. The zero-order valence-corrected chi connectivity index (χ0v) is 17.7. The Morgan fingerprint density at radius 1 is 1.07 bits per heavy atom. The molecule has 0 fully saturated rings. The molecule has 0 radical (unpaired) electrons. The number of nitrogens with zero attached hydrogens (tertiary/aromatic N) is 1. The van der Waals surface area contributed by atoms with Crippen molar-refractivity contribution in [1.29, 1.82) is 0 Å². The normalized spacial score (nSPS) is 11.1. The van der Waals surface area contributed by atoms with Crippen LogP contribution in [0.2, 0.25) is 0 Å². The van der Waals surface area contributed by atoms with Gasteiger partial charge in [0.05, 0.1) is 18.6 Å². The standard InChI is InChI=1S/C21H28N2O4S/c1-5-27-20-12-10-19(11-13-20)23(28(4,25)26)14-6-7-21(24)22-18-9-8-16(2)17(3)15-18/h8-13,15H,5-7,14H2,1-4H3,(H,22,24). The summed E-state index contributed by atoms with van der Waals surface area (Å²) in [5.74, 6) is 0.552. The summed E-state index contributed by atoms with van der Waals surface area (Å²) in [6.07, 6.45) is 1.81. The van der Waals surface area contributed by atoms with Gasteiger partial charge in [-0.2, -0.15) is 0 Å². The molecule has 2 aromatic carbocycles. The first-order valence-corrected chi connectivity index (χ1v) is 11.1. The van der Waals surface area contributed by atoms with E-state index in [1.165, 1.54) is 10.6 Å². The summed E-state index contributed by atoms with van der Waals surface area (Å²) in [6, 6.07) is 12.6. The van der Waals surface area contributed by atoms with E-state index in [0.717, 1.165) is 16.8 Å². The number of nitrogens with one attached hydrogen (secondary N) is 1. The third kappa shape index (κ3) is 6.27. The number of rotatable bonds is 9. The van der Waals surface area contributed by atoms with Crippen LogP contribution in [0.3, 0.4) is 0 Å². The van der Waals surface area contributed by atoms with Crippen molar-refractivity contribution in [2.24, 2.45) is 0 Å². The van der Waals surface area contributed by atoms with Gasteiger partial charge in [0.2, 0.25) is 15.9 Å². The van der Waals surface area contributed by atoms with Crippen LogP contribution in [0.25, 0.3) is 0 Å². The highest BCUT2D eigenvalue weighted by Gasteiger charge is 2.17. The Labute approximate surface area is 167 Å². The van der Waals surface area contributed by atoms with E-state index in [1.54, 1.807) is 24.3 Å². The van der Waals surface area contributed by atoms with E-state index >= 15 is 0 Å². The molecule has 0 spiro atoms. The maximum absolute atomic E-state index is 12.2. The average molecular weight is 405 g/mol. The number of hydrogen-bond donors (Lipinski definition) is 1.